The predicted octanol–water partition coefficient (Wildman–Crippen LogP) is -3.54. The molecule has 0 aliphatic heterocycles. The number of unbranched alkanes of at least 4 members (excludes halogenated alkanes) is 1. The van der Waals surface area contributed by atoms with E-state index in [1.165, 1.54) is 0 Å². The molecule has 2 fully saturated rings. The second-order valence-electron chi connectivity index (χ2n) is 29.5. The maximum absolute atomic E-state index is 13.0. The number of halogens is 2. The maximum atomic E-state index is 13.0. The topological polar surface area (TPSA) is 594 Å². The Balaban J connectivity index is 0.000000376. The molecule has 36 heteroatoms. The van der Waals surface area contributed by atoms with Gasteiger partial charge in [0.15, 0.2) is 0 Å². The van der Waals surface area contributed by atoms with Crippen molar-refractivity contribution >= 4 is 29.1 Å². The van der Waals surface area contributed by atoms with Gasteiger partial charge in [0.1, 0.15) is 85.1 Å². The zero-order valence-corrected chi connectivity index (χ0v) is 67.7. The summed E-state index contributed by atoms with van der Waals surface area (Å²) in [4.78, 5) is 20.3. The number of aryl methyl sites for hydroxylation is 1. The summed E-state index contributed by atoms with van der Waals surface area (Å²) in [6.45, 7) is -3.25. The molecule has 0 bridgehead atoms. The Morgan fingerprint density at radius 3 is 1.46 bits per heavy atom. The van der Waals surface area contributed by atoms with E-state index in [4.69, 9.17) is 78.3 Å². The van der Waals surface area contributed by atoms with Crippen LogP contribution in [0.2, 0.25) is 10.0 Å². The smallest absolute Gasteiger partial charge is 0.222 e. The first kappa shape index (κ1) is 103. The van der Waals surface area contributed by atoms with Crippen molar-refractivity contribution in [2.24, 2.45) is 0 Å². The Kier molecular flexibility index (Phi) is 48.0. The minimum absolute atomic E-state index is 0. The first-order valence-electron chi connectivity index (χ1n) is 39.4. The Hall–Kier alpha value is -6.10. The number of aliphatic hydroxyl groups excluding tert-OH is 25. The van der Waals surface area contributed by atoms with Crippen LogP contribution in [0.3, 0.4) is 0 Å². The fraction of sp³-hybridized carbons (Fsp3) is 0.566. The van der Waals surface area contributed by atoms with Crippen LogP contribution in [0.5, 0.6) is 5.75 Å². The molecule has 2 aliphatic rings. The van der Waals surface area contributed by atoms with Crippen LogP contribution in [-0.2, 0) is 52.6 Å². The van der Waals surface area contributed by atoms with Crippen LogP contribution in [0, 0.1) is 0 Å². The molecule has 2 saturated carbocycles. The van der Waals surface area contributed by atoms with Crippen LogP contribution in [0.25, 0.3) is 11.1 Å². The normalized spacial score (nSPS) is 17.9. The van der Waals surface area contributed by atoms with Gasteiger partial charge in [-0.05, 0) is 103 Å². The summed E-state index contributed by atoms with van der Waals surface area (Å²) >= 11 is 13.4. The predicted molar refractivity (Wildman–Crippen MR) is 437 cm³/mol. The SMILES string of the molecule is O=C(CCCCc1cc(Cl)c(COC2(c3cnccc3-c3ccccc3OC3CC3)CC2)cc1Cl)N(CC(O)CO)C[C@H](O)[C@@H](O)[C@H](O)[C@H](O)CO.OCC(O)CNC[C@H](O)[C@@H](O)[C@H](O)[C@H](O)CO.OC[C@@H](O)[C@@H](O)[C@H](O)[C@@H](O)CN(Cc1ccccc1)CC(O)COCc1ccccc1.OC[C@@H](O)[C@@H](O)[C@H](O)[C@@H](O)CNCc1ccccc1.[2HH]. The number of pyridine rings is 1. The number of carbonyl (C=O) groups excluding carboxylic acids is 1. The summed E-state index contributed by atoms with van der Waals surface area (Å²) < 4.78 is 18.4. The number of nitrogens with zero attached hydrogens (tertiary/aromatic N) is 3. The highest BCUT2D eigenvalue weighted by Crippen LogP contribution is 2.53. The molecule has 1 heterocycles. The van der Waals surface area contributed by atoms with E-state index in [0.29, 0.717) is 49.0 Å². The maximum Gasteiger partial charge on any atom is 0.222 e. The van der Waals surface area contributed by atoms with E-state index >= 15 is 0 Å². The van der Waals surface area contributed by atoms with Gasteiger partial charge in [-0.15, -0.1) is 0 Å². The van der Waals surface area contributed by atoms with Gasteiger partial charge in [-0.2, -0.15) is 0 Å². The van der Waals surface area contributed by atoms with Crippen LogP contribution in [0.1, 0.15) is 79.8 Å². The van der Waals surface area contributed by atoms with Gasteiger partial charge in [0.05, 0.1) is 108 Å². The van der Waals surface area contributed by atoms with Crippen molar-refractivity contribution in [3.63, 3.8) is 0 Å². The molecule has 34 nitrogen and oxygen atoms in total. The van der Waals surface area contributed by atoms with Gasteiger partial charge in [-0.25, -0.2) is 0 Å². The summed E-state index contributed by atoms with van der Waals surface area (Å²) in [5, 5.41) is 244. The number of hydrogen-bond acceptors (Lipinski definition) is 33. The average Bonchev–Trinajstić information content (AvgIpc) is 1.59. The lowest BCUT2D eigenvalue weighted by Gasteiger charge is -2.31. The molecular formula is C83H125Cl2N5O29. The van der Waals surface area contributed by atoms with Crippen LogP contribution in [0.4, 0.5) is 0 Å². The largest absolute Gasteiger partial charge is 0.490 e. The minimum atomic E-state index is -1.87. The fourth-order valence-electron chi connectivity index (χ4n) is 12.1. The molecule has 19 atom stereocenters. The Bertz CT molecular complexity index is 3720. The standard InChI is InChI=1S/C38H48Cl2N2O10.C23H33NO7.C13H21NO5.C9H21NO7.H2/c39-30-16-24(22-51-38(12-13-38)29-17-41-14-11-27(29)28-6-2-3-7-34(28)52-26-9-10-26)31(40)15-23(30)5-1-4-8-35(48)42(18-25(45)20-43)19-32(46)36(49)37(50)33(47)21-44;25-14-21(28)23(30)22(29)20(27)13-24(11-17-7-3-1-4-8-17)12-19(26)16-31-15-18-9-5-2-6-10-18;15-8-11(17)13(19)12(18)10(16)7-14-6-9-4-2-1-3-5-9;11-3-5(13)1-10-2-6(14)8(16)9(17)7(15)4-12;/h2-3,6-7,11,14-17,25-26,32-33,36-37,43-47,49-50H,1,4-5,8-10,12-13,18-22H2;1-10,19-23,25-30H,11-16H2;1-5,10-19H,6-8H2;5-17H,1-4H2;1H/t25?,32-,33+,36+,37+;19?,20-,21+,22+,23+;10-,11+,12+,13+;5?,6-,7+,8+,9+;/m0000./s1/i;;;;1+1. The van der Waals surface area contributed by atoms with Crippen molar-refractivity contribution in [2.75, 3.05) is 92.1 Å². The Morgan fingerprint density at radius 2 is 0.941 bits per heavy atom. The highest BCUT2D eigenvalue weighted by atomic mass is 35.5. The van der Waals surface area contributed by atoms with Crippen molar-refractivity contribution in [1.29, 1.82) is 0 Å². The number of benzene rings is 5. The van der Waals surface area contributed by atoms with E-state index in [0.717, 1.165) is 80.8 Å². The van der Waals surface area contributed by atoms with Crippen LogP contribution >= 0.6 is 23.2 Å². The van der Waals surface area contributed by atoms with Crippen LogP contribution in [0.15, 0.2) is 146 Å². The van der Waals surface area contributed by atoms with Gasteiger partial charge in [0.25, 0.3) is 0 Å². The highest BCUT2D eigenvalue weighted by Gasteiger charge is 2.48. The fourth-order valence-corrected chi connectivity index (χ4v) is 12.7. The molecule has 6 aromatic rings. The molecular weight excluding hydrogens is 1600 g/mol. The number of ether oxygens (including phenoxy) is 3. The quantitative estimate of drug-likeness (QED) is 0.0164. The second kappa shape index (κ2) is 55.2. The summed E-state index contributed by atoms with van der Waals surface area (Å²) in [5.41, 5.74) is 7.04. The first-order valence-corrected chi connectivity index (χ1v) is 40.1. The number of hydrogen-bond donors (Lipinski definition) is 27. The molecule has 0 radical (unpaired) electrons. The highest BCUT2D eigenvalue weighted by molar-refractivity contribution is 6.34. The Labute approximate surface area is 703 Å². The van der Waals surface area contributed by atoms with Crippen molar-refractivity contribution in [3.8, 4) is 16.9 Å². The zero-order valence-electron chi connectivity index (χ0n) is 66.2. The lowest BCUT2D eigenvalue weighted by atomic mass is 9.96. The third-order valence-corrected chi connectivity index (χ3v) is 20.3. The van der Waals surface area contributed by atoms with E-state index in [2.05, 4.69) is 21.7 Å². The molecule has 5 aromatic carbocycles. The van der Waals surface area contributed by atoms with E-state index in [1.807, 2.05) is 121 Å². The van der Waals surface area contributed by atoms with E-state index in [9.17, 15) is 91.6 Å². The van der Waals surface area contributed by atoms with E-state index in [1.54, 1.807) is 23.2 Å². The van der Waals surface area contributed by atoms with Crippen molar-refractivity contribution in [2.45, 2.75) is 205 Å². The number of para-hydroxylation sites is 1. The van der Waals surface area contributed by atoms with Gasteiger partial charge >= 0.3 is 0 Å². The molecule has 0 spiro atoms. The number of rotatable bonds is 52. The molecule has 670 valence electrons. The minimum Gasteiger partial charge on any atom is -0.490 e. The first-order chi connectivity index (χ1) is 56.8. The molecule has 27 N–H and O–H groups in total. The lowest BCUT2D eigenvalue weighted by Crippen LogP contribution is -2.51. The summed E-state index contributed by atoms with van der Waals surface area (Å²) in [6.07, 6.45) is -19.4. The monoisotopic (exact) mass is 1730 g/mol. The molecule has 3 unspecified atom stereocenters. The Morgan fingerprint density at radius 1 is 0.471 bits per heavy atom. The molecule has 1 aromatic heterocycles. The number of aliphatic hydroxyl groups is 25. The van der Waals surface area contributed by atoms with Crippen LogP contribution in [-0.4, -0.2) is 362 Å². The van der Waals surface area contributed by atoms with E-state index < -0.39 is 174 Å². The van der Waals surface area contributed by atoms with Crippen LogP contribution < -0.4 is 15.4 Å². The average molecular weight is 1730 g/mol. The summed E-state index contributed by atoms with van der Waals surface area (Å²) in [6, 6.07) is 42.2. The van der Waals surface area contributed by atoms with Crippen molar-refractivity contribution in [3.05, 3.63) is 189 Å². The molecule has 119 heavy (non-hydrogen) atoms. The second-order valence-corrected chi connectivity index (χ2v) is 30.3. The van der Waals surface area contributed by atoms with Crippen molar-refractivity contribution in [1.82, 2.24) is 25.4 Å². The summed E-state index contributed by atoms with van der Waals surface area (Å²) in [7, 11) is 0. The molecule has 1 amide bonds. The number of aromatic nitrogens is 1. The molecule has 2 aliphatic carbocycles. The molecule has 0 saturated heterocycles. The number of carbonyl (C=O) groups is 1. The van der Waals surface area contributed by atoms with E-state index in [-0.39, 0.29) is 66.4 Å². The lowest BCUT2D eigenvalue weighted by molar-refractivity contribution is -0.142. The number of amides is 1. The third-order valence-electron chi connectivity index (χ3n) is 19.6. The summed E-state index contributed by atoms with van der Waals surface area (Å²) in [5.74, 6) is 0.393. The zero-order chi connectivity index (χ0) is 87.7. The van der Waals surface area contributed by atoms with Gasteiger partial charge in [-0.3, -0.25) is 14.7 Å². The van der Waals surface area contributed by atoms with Gasteiger partial charge in [0, 0.05) is 100 Å². The van der Waals surface area contributed by atoms with Gasteiger partial charge < -0.3 is 157 Å². The van der Waals surface area contributed by atoms with Gasteiger partial charge in [-0.1, -0.05) is 132 Å². The molecule has 8 rings (SSSR count). The van der Waals surface area contributed by atoms with Crippen molar-refractivity contribution < 1.29 is 148 Å². The number of nitrogens with one attached hydrogen (secondary N) is 2. The van der Waals surface area contributed by atoms with Gasteiger partial charge in [0.2, 0.25) is 5.91 Å². The third kappa shape index (κ3) is 36.3.